The van der Waals surface area contributed by atoms with Crippen LogP contribution in [0, 0.1) is 0 Å². The van der Waals surface area contributed by atoms with Crippen LogP contribution in [-0.2, 0) is 26.2 Å². The fourth-order valence-electron chi connectivity index (χ4n) is 4.36. The first-order valence-electron chi connectivity index (χ1n) is 12.1. The van der Waals surface area contributed by atoms with E-state index < -0.39 is 28.5 Å². The average Bonchev–Trinajstić information content (AvgIpc) is 2.86. The van der Waals surface area contributed by atoms with Crippen molar-refractivity contribution < 1.29 is 22.7 Å². The third-order valence-corrected chi connectivity index (χ3v) is 8.15. The van der Waals surface area contributed by atoms with Gasteiger partial charge >= 0.3 is 0 Å². The van der Waals surface area contributed by atoms with Gasteiger partial charge in [-0.3, -0.25) is 13.9 Å². The van der Waals surface area contributed by atoms with E-state index in [1.165, 1.54) is 23.1 Å². The van der Waals surface area contributed by atoms with E-state index in [2.05, 4.69) is 5.32 Å². The van der Waals surface area contributed by atoms with Crippen LogP contribution < -0.4 is 14.4 Å². The van der Waals surface area contributed by atoms with E-state index in [1.807, 2.05) is 0 Å². The molecule has 1 aliphatic carbocycles. The molecule has 0 aliphatic heterocycles. The van der Waals surface area contributed by atoms with Gasteiger partial charge in [0.25, 0.3) is 0 Å². The van der Waals surface area contributed by atoms with E-state index in [0.29, 0.717) is 10.8 Å². The highest BCUT2D eigenvalue weighted by atomic mass is 35.5. The highest BCUT2D eigenvalue weighted by molar-refractivity contribution is 7.92. The van der Waals surface area contributed by atoms with Crippen molar-refractivity contribution in [3.05, 3.63) is 58.1 Å². The quantitative estimate of drug-likeness (QED) is 0.449. The summed E-state index contributed by atoms with van der Waals surface area (Å²) in [6.07, 6.45) is 6.07. The van der Waals surface area contributed by atoms with Crippen molar-refractivity contribution in [2.75, 3.05) is 24.2 Å². The van der Waals surface area contributed by atoms with Crippen LogP contribution in [0.25, 0.3) is 0 Å². The summed E-state index contributed by atoms with van der Waals surface area (Å²) in [5, 5.41) is 3.50. The predicted octanol–water partition coefficient (Wildman–Crippen LogP) is 4.63. The van der Waals surface area contributed by atoms with Crippen LogP contribution in [0.1, 0.15) is 44.6 Å². The van der Waals surface area contributed by atoms with Crippen LogP contribution in [0.5, 0.6) is 5.75 Å². The largest absolute Gasteiger partial charge is 0.497 e. The molecule has 0 saturated heterocycles. The summed E-state index contributed by atoms with van der Waals surface area (Å²) in [5.74, 6) is -0.159. The first-order valence-corrected chi connectivity index (χ1v) is 14.8. The molecule has 1 unspecified atom stereocenters. The van der Waals surface area contributed by atoms with Gasteiger partial charge in [-0.1, -0.05) is 54.6 Å². The monoisotopic (exact) mass is 569 g/mol. The highest BCUT2D eigenvalue weighted by Crippen LogP contribution is 2.30. The maximum atomic E-state index is 13.7. The van der Waals surface area contributed by atoms with Gasteiger partial charge in [-0.05, 0) is 55.7 Å². The summed E-state index contributed by atoms with van der Waals surface area (Å²) >= 11 is 12.3. The Hall–Kier alpha value is -2.49. The number of methoxy groups -OCH3 is 1. The number of nitrogens with zero attached hydrogens (tertiary/aromatic N) is 2. The first-order chi connectivity index (χ1) is 17.5. The van der Waals surface area contributed by atoms with Gasteiger partial charge in [-0.15, -0.1) is 0 Å². The molecule has 0 bridgehead atoms. The van der Waals surface area contributed by atoms with Crippen LogP contribution in [0.4, 0.5) is 5.69 Å². The van der Waals surface area contributed by atoms with Crippen molar-refractivity contribution in [3.63, 3.8) is 0 Å². The minimum absolute atomic E-state index is 0.0713. The third kappa shape index (κ3) is 7.99. The van der Waals surface area contributed by atoms with E-state index in [9.17, 15) is 18.0 Å². The molecule has 0 aromatic heterocycles. The minimum Gasteiger partial charge on any atom is -0.497 e. The van der Waals surface area contributed by atoms with Crippen molar-refractivity contribution in [2.24, 2.45) is 0 Å². The maximum absolute atomic E-state index is 13.7. The van der Waals surface area contributed by atoms with Gasteiger partial charge in [0.1, 0.15) is 18.3 Å². The van der Waals surface area contributed by atoms with Crippen molar-refractivity contribution >= 4 is 50.7 Å². The molecule has 2 amide bonds. The number of hydrogen-bond acceptors (Lipinski definition) is 5. The first kappa shape index (κ1) is 29.1. The number of hydrogen-bond donors (Lipinski definition) is 1. The van der Waals surface area contributed by atoms with Crippen LogP contribution in [0.2, 0.25) is 10.0 Å². The number of ether oxygens (including phenoxy) is 1. The summed E-state index contributed by atoms with van der Waals surface area (Å²) in [7, 11) is -2.33. The van der Waals surface area contributed by atoms with Crippen molar-refractivity contribution in [1.29, 1.82) is 0 Å². The number of nitrogens with one attached hydrogen (secondary N) is 1. The zero-order valence-corrected chi connectivity index (χ0v) is 23.6. The molecule has 8 nitrogen and oxygen atoms in total. The molecule has 1 fully saturated rings. The zero-order valence-electron chi connectivity index (χ0n) is 21.2. The Kier molecular flexibility index (Phi) is 10.1. The number of amides is 2. The summed E-state index contributed by atoms with van der Waals surface area (Å²) in [6, 6.07) is 10.7. The summed E-state index contributed by atoms with van der Waals surface area (Å²) < 4.78 is 31.5. The molecular formula is C26H33Cl2N3O5S. The van der Waals surface area contributed by atoms with E-state index in [4.69, 9.17) is 27.9 Å². The van der Waals surface area contributed by atoms with Crippen molar-refractivity contribution in [1.82, 2.24) is 10.2 Å². The fourth-order valence-corrected chi connectivity index (χ4v) is 5.78. The number of sulfonamides is 1. The lowest BCUT2D eigenvalue weighted by Crippen LogP contribution is -2.53. The molecule has 202 valence electrons. The number of rotatable bonds is 10. The molecule has 37 heavy (non-hydrogen) atoms. The second-order valence-electron chi connectivity index (χ2n) is 9.25. The van der Waals surface area contributed by atoms with Crippen molar-refractivity contribution in [2.45, 2.75) is 57.7 Å². The van der Waals surface area contributed by atoms with Crippen molar-refractivity contribution in [3.8, 4) is 5.75 Å². The Morgan fingerprint density at radius 1 is 1.08 bits per heavy atom. The molecule has 11 heteroatoms. The molecule has 1 aliphatic rings. The second kappa shape index (κ2) is 12.8. The Morgan fingerprint density at radius 3 is 2.30 bits per heavy atom. The average molecular weight is 571 g/mol. The molecule has 3 rings (SSSR count). The number of halogens is 2. The summed E-state index contributed by atoms with van der Waals surface area (Å²) in [4.78, 5) is 28.3. The molecule has 1 saturated carbocycles. The number of benzene rings is 2. The maximum Gasteiger partial charge on any atom is 0.244 e. The number of anilines is 1. The van der Waals surface area contributed by atoms with Gasteiger partial charge < -0.3 is 15.0 Å². The van der Waals surface area contributed by atoms with Gasteiger partial charge in [0, 0.05) is 17.6 Å². The molecule has 2 aromatic carbocycles. The van der Waals surface area contributed by atoms with E-state index in [0.717, 1.165) is 48.2 Å². The number of carbonyl (C=O) groups excluding carboxylic acids is 2. The molecule has 2 aromatic rings. The SMILES string of the molecule is COc1ccc(CN(C(=O)CN(c2ccc(Cl)cc2Cl)S(C)(=O)=O)C(C)C(=O)NC2CCCCC2)cc1. The van der Waals surface area contributed by atoms with E-state index in [-0.39, 0.29) is 29.2 Å². The third-order valence-electron chi connectivity index (χ3n) is 6.49. The van der Waals surface area contributed by atoms with Gasteiger partial charge in [-0.2, -0.15) is 0 Å². The Labute approximate surface area is 228 Å². The van der Waals surface area contributed by atoms with Gasteiger partial charge in [0.05, 0.1) is 24.1 Å². The normalized spacial score (nSPS) is 15.1. The lowest BCUT2D eigenvalue weighted by Gasteiger charge is -2.33. The Morgan fingerprint density at radius 2 is 1.73 bits per heavy atom. The fraction of sp³-hybridized carbons (Fsp3) is 0.462. The highest BCUT2D eigenvalue weighted by Gasteiger charge is 2.31. The molecule has 1 N–H and O–H groups in total. The van der Waals surface area contributed by atoms with Crippen LogP contribution in [0.3, 0.4) is 0 Å². The summed E-state index contributed by atoms with van der Waals surface area (Å²) in [6.45, 7) is 1.23. The van der Waals surface area contributed by atoms with E-state index in [1.54, 1.807) is 38.3 Å². The van der Waals surface area contributed by atoms with Gasteiger partial charge in [-0.25, -0.2) is 8.42 Å². The molecule has 0 radical (unpaired) electrons. The zero-order chi connectivity index (χ0) is 27.2. The Balaban J connectivity index is 1.89. The van der Waals surface area contributed by atoms with E-state index >= 15 is 0 Å². The van der Waals surface area contributed by atoms with Gasteiger partial charge in [0.15, 0.2) is 0 Å². The lowest BCUT2D eigenvalue weighted by molar-refractivity contribution is -0.139. The molecule has 1 atom stereocenters. The van der Waals surface area contributed by atoms with Crippen LogP contribution >= 0.6 is 23.2 Å². The number of carbonyl (C=O) groups is 2. The molecule has 0 heterocycles. The molecule has 0 spiro atoms. The van der Waals surface area contributed by atoms with Crippen LogP contribution in [0.15, 0.2) is 42.5 Å². The predicted molar refractivity (Wildman–Crippen MR) is 147 cm³/mol. The second-order valence-corrected chi connectivity index (χ2v) is 12.0. The summed E-state index contributed by atoms with van der Waals surface area (Å²) in [5.41, 5.74) is 0.896. The smallest absolute Gasteiger partial charge is 0.244 e. The Bertz CT molecular complexity index is 1200. The molecular weight excluding hydrogens is 537 g/mol. The van der Waals surface area contributed by atoms with Gasteiger partial charge in [0.2, 0.25) is 21.8 Å². The standard InChI is InChI=1S/C26H33Cl2N3O5S/c1-18(26(33)29-21-7-5-4-6-8-21)30(16-19-9-12-22(36-2)13-10-19)25(32)17-31(37(3,34)35)24-14-11-20(27)15-23(24)28/h9-15,18,21H,4-8,16-17H2,1-3H3,(H,29,33). The lowest BCUT2D eigenvalue weighted by atomic mass is 9.95. The topological polar surface area (TPSA) is 96.0 Å². The van der Waals surface area contributed by atoms with Crippen LogP contribution in [-0.4, -0.2) is 57.1 Å². The minimum atomic E-state index is -3.89.